The number of fused-ring (bicyclic) bond motifs is 1. The number of hydrogen-bond donors (Lipinski definition) is 0. The Balaban J connectivity index is 2.26. The molecule has 0 aliphatic heterocycles. The minimum Gasteiger partial charge on any atom is -0.453 e. The van der Waals surface area contributed by atoms with Crippen molar-refractivity contribution in [1.82, 2.24) is 8.75 Å². The normalized spacial score (nSPS) is 11.0. The summed E-state index contributed by atoms with van der Waals surface area (Å²) in [7, 11) is 0. The predicted octanol–water partition coefficient (Wildman–Crippen LogP) is 3.81. The third-order valence-corrected chi connectivity index (χ3v) is 3.43. The third-order valence-electron chi connectivity index (χ3n) is 2.58. The van der Waals surface area contributed by atoms with Gasteiger partial charge in [0.2, 0.25) is 0 Å². The number of aromatic nitrogens is 2. The van der Waals surface area contributed by atoms with Crippen LogP contribution in [0.15, 0.2) is 28.7 Å². The van der Waals surface area contributed by atoms with Crippen LogP contribution < -0.4 is 0 Å². The Hall–Kier alpha value is -1.72. The zero-order valence-electron chi connectivity index (χ0n) is 9.31. The van der Waals surface area contributed by atoms with Gasteiger partial charge in [-0.25, -0.2) is 0 Å². The SMILES string of the molecule is CC(=O)c1ccc(-c2c(Cl)ccc3nsnc23)o1. The average Bonchev–Trinajstić information content (AvgIpc) is 2.95. The molecule has 0 saturated carbocycles. The summed E-state index contributed by atoms with van der Waals surface area (Å²) in [5.74, 6) is 0.714. The van der Waals surface area contributed by atoms with Crippen molar-refractivity contribution in [2.45, 2.75) is 6.92 Å². The lowest BCUT2D eigenvalue weighted by atomic mass is 10.1. The molecule has 2 heterocycles. The zero-order valence-corrected chi connectivity index (χ0v) is 10.9. The molecule has 3 aromatic rings. The molecule has 18 heavy (non-hydrogen) atoms. The number of rotatable bonds is 2. The fourth-order valence-corrected chi connectivity index (χ4v) is 2.51. The van der Waals surface area contributed by atoms with Gasteiger partial charge in [0.15, 0.2) is 11.5 Å². The van der Waals surface area contributed by atoms with Crippen molar-refractivity contribution in [2.24, 2.45) is 0 Å². The molecule has 90 valence electrons. The number of Topliss-reactive ketones (excluding diaryl/α,β-unsaturated/α-hetero) is 1. The highest BCUT2D eigenvalue weighted by atomic mass is 35.5. The van der Waals surface area contributed by atoms with Gasteiger partial charge in [-0.3, -0.25) is 4.79 Å². The van der Waals surface area contributed by atoms with E-state index in [0.717, 1.165) is 17.2 Å². The summed E-state index contributed by atoms with van der Waals surface area (Å²) in [6.07, 6.45) is 0. The summed E-state index contributed by atoms with van der Waals surface area (Å²) in [4.78, 5) is 11.2. The number of furan rings is 1. The van der Waals surface area contributed by atoms with E-state index in [-0.39, 0.29) is 5.78 Å². The molecule has 0 aliphatic carbocycles. The molecule has 0 aliphatic rings. The largest absolute Gasteiger partial charge is 0.453 e. The Bertz CT molecular complexity index is 747. The number of carbonyl (C=O) groups is 1. The Morgan fingerprint density at radius 1 is 1.28 bits per heavy atom. The van der Waals surface area contributed by atoms with Gasteiger partial charge in [-0.1, -0.05) is 11.6 Å². The molecule has 0 radical (unpaired) electrons. The van der Waals surface area contributed by atoms with Gasteiger partial charge in [0.1, 0.15) is 16.8 Å². The minimum absolute atomic E-state index is 0.124. The van der Waals surface area contributed by atoms with E-state index in [1.807, 2.05) is 0 Å². The molecule has 6 heteroatoms. The van der Waals surface area contributed by atoms with E-state index in [9.17, 15) is 4.79 Å². The molecule has 1 aromatic carbocycles. The summed E-state index contributed by atoms with van der Waals surface area (Å²) in [6, 6.07) is 6.90. The van der Waals surface area contributed by atoms with Crippen LogP contribution in [0.3, 0.4) is 0 Å². The maximum atomic E-state index is 11.2. The van der Waals surface area contributed by atoms with Crippen molar-refractivity contribution in [3.05, 3.63) is 35.0 Å². The number of carbonyl (C=O) groups excluding carboxylic acids is 1. The predicted molar refractivity (Wildman–Crippen MR) is 70.1 cm³/mol. The molecule has 4 nitrogen and oxygen atoms in total. The Morgan fingerprint density at radius 2 is 2.11 bits per heavy atom. The lowest BCUT2D eigenvalue weighted by Crippen LogP contribution is -1.86. The third kappa shape index (κ3) is 1.72. The molecule has 0 unspecified atom stereocenters. The molecule has 3 rings (SSSR count). The highest BCUT2D eigenvalue weighted by Crippen LogP contribution is 2.35. The first-order chi connectivity index (χ1) is 8.66. The summed E-state index contributed by atoms with van der Waals surface area (Å²) in [5, 5.41) is 0.527. The number of nitrogens with zero attached hydrogens (tertiary/aromatic N) is 2. The number of benzene rings is 1. The van der Waals surface area contributed by atoms with E-state index in [4.69, 9.17) is 16.0 Å². The molecule has 0 spiro atoms. The number of halogens is 1. The fraction of sp³-hybridized carbons (Fsp3) is 0.0833. The fourth-order valence-electron chi connectivity index (χ4n) is 1.72. The minimum atomic E-state index is -0.124. The first-order valence-corrected chi connectivity index (χ1v) is 6.29. The second-order valence-electron chi connectivity index (χ2n) is 3.77. The molecule has 0 N–H and O–H groups in total. The van der Waals surface area contributed by atoms with Crippen molar-refractivity contribution in [1.29, 1.82) is 0 Å². The maximum absolute atomic E-state index is 11.2. The monoisotopic (exact) mass is 278 g/mol. The van der Waals surface area contributed by atoms with E-state index >= 15 is 0 Å². The van der Waals surface area contributed by atoms with Crippen LogP contribution in [-0.2, 0) is 0 Å². The van der Waals surface area contributed by atoms with Crippen LogP contribution in [-0.4, -0.2) is 14.5 Å². The summed E-state index contributed by atoms with van der Waals surface area (Å²) >= 11 is 7.29. The summed E-state index contributed by atoms with van der Waals surface area (Å²) < 4.78 is 13.9. The van der Waals surface area contributed by atoms with Crippen molar-refractivity contribution < 1.29 is 9.21 Å². The van der Waals surface area contributed by atoms with Gasteiger partial charge < -0.3 is 4.42 Å². The zero-order chi connectivity index (χ0) is 12.7. The lowest BCUT2D eigenvalue weighted by molar-refractivity contribution is 0.0988. The molecular weight excluding hydrogens is 272 g/mol. The van der Waals surface area contributed by atoms with E-state index in [0.29, 0.717) is 27.6 Å². The van der Waals surface area contributed by atoms with E-state index in [1.165, 1.54) is 6.92 Å². The first-order valence-electron chi connectivity index (χ1n) is 5.19. The van der Waals surface area contributed by atoms with Crippen LogP contribution in [0, 0.1) is 0 Å². The molecule has 0 amide bonds. The number of ketones is 1. The average molecular weight is 279 g/mol. The maximum Gasteiger partial charge on any atom is 0.194 e. The Morgan fingerprint density at radius 3 is 2.83 bits per heavy atom. The molecule has 2 aromatic heterocycles. The summed E-state index contributed by atoms with van der Waals surface area (Å²) in [5.41, 5.74) is 2.13. The van der Waals surface area contributed by atoms with Crippen LogP contribution in [0.25, 0.3) is 22.4 Å². The second-order valence-corrected chi connectivity index (χ2v) is 4.71. The quantitative estimate of drug-likeness (QED) is 0.669. The molecule has 0 saturated heterocycles. The second kappa shape index (κ2) is 4.19. The van der Waals surface area contributed by atoms with Crippen LogP contribution in [0.2, 0.25) is 5.02 Å². The first kappa shape index (κ1) is 11.4. The lowest BCUT2D eigenvalue weighted by Gasteiger charge is -2.00. The van der Waals surface area contributed by atoms with Crippen molar-refractivity contribution in [3.8, 4) is 11.3 Å². The molecule has 0 bridgehead atoms. The van der Waals surface area contributed by atoms with Crippen molar-refractivity contribution >= 4 is 40.1 Å². The molecule has 0 atom stereocenters. The van der Waals surface area contributed by atoms with Crippen molar-refractivity contribution in [3.63, 3.8) is 0 Å². The van der Waals surface area contributed by atoms with Crippen LogP contribution in [0.1, 0.15) is 17.5 Å². The highest BCUT2D eigenvalue weighted by molar-refractivity contribution is 7.00. The van der Waals surface area contributed by atoms with Crippen LogP contribution in [0.4, 0.5) is 0 Å². The highest BCUT2D eigenvalue weighted by Gasteiger charge is 2.16. The molecular formula is C12H7ClN2O2S. The molecule has 0 fully saturated rings. The Kier molecular flexibility index (Phi) is 2.65. The Labute approximate surface area is 112 Å². The van der Waals surface area contributed by atoms with Crippen LogP contribution >= 0.6 is 23.3 Å². The van der Waals surface area contributed by atoms with Crippen molar-refractivity contribution in [2.75, 3.05) is 0 Å². The van der Waals surface area contributed by atoms with Crippen LogP contribution in [0.5, 0.6) is 0 Å². The standard InChI is InChI=1S/C12H7ClN2O2S/c1-6(16)9-4-5-10(17-9)11-7(13)2-3-8-12(11)15-18-14-8/h2-5H,1H3. The van der Waals surface area contributed by atoms with E-state index < -0.39 is 0 Å². The van der Waals surface area contributed by atoms with Gasteiger partial charge in [0.05, 0.1) is 22.3 Å². The van der Waals surface area contributed by atoms with Gasteiger partial charge in [-0.2, -0.15) is 8.75 Å². The van der Waals surface area contributed by atoms with E-state index in [2.05, 4.69) is 8.75 Å². The van der Waals surface area contributed by atoms with Gasteiger partial charge in [0, 0.05) is 6.92 Å². The van der Waals surface area contributed by atoms with Gasteiger partial charge in [-0.05, 0) is 24.3 Å². The van der Waals surface area contributed by atoms with Gasteiger partial charge >= 0.3 is 0 Å². The summed E-state index contributed by atoms with van der Waals surface area (Å²) in [6.45, 7) is 1.45. The smallest absolute Gasteiger partial charge is 0.194 e. The van der Waals surface area contributed by atoms with E-state index in [1.54, 1.807) is 24.3 Å². The number of hydrogen-bond acceptors (Lipinski definition) is 5. The topological polar surface area (TPSA) is 56.0 Å². The van der Waals surface area contributed by atoms with Gasteiger partial charge in [-0.15, -0.1) is 0 Å². The van der Waals surface area contributed by atoms with Gasteiger partial charge in [0.25, 0.3) is 0 Å².